The van der Waals surface area contributed by atoms with E-state index in [0.29, 0.717) is 21.6 Å². The number of aromatic nitrogens is 4. The molecule has 7 heteroatoms. The quantitative estimate of drug-likeness (QED) is 0.474. The van der Waals surface area contributed by atoms with Gasteiger partial charge in [0, 0.05) is 10.6 Å². The van der Waals surface area contributed by atoms with Gasteiger partial charge in [0.1, 0.15) is 11.7 Å². The lowest BCUT2D eigenvalue weighted by atomic mass is 10.1. The predicted octanol–water partition coefficient (Wildman–Crippen LogP) is 4.30. The van der Waals surface area contributed by atoms with Gasteiger partial charge in [0.05, 0.1) is 17.9 Å². The van der Waals surface area contributed by atoms with Crippen molar-refractivity contribution in [3.63, 3.8) is 0 Å². The Kier molecular flexibility index (Phi) is 4.80. The molecule has 0 saturated heterocycles. The molecule has 0 fully saturated rings. The molecule has 2 heterocycles. The molecule has 0 N–H and O–H groups in total. The minimum Gasteiger partial charge on any atom is -0.292 e. The maximum absolute atomic E-state index is 13.0. The lowest BCUT2D eigenvalue weighted by Crippen LogP contribution is -2.28. The Hall–Kier alpha value is -3.25. The first-order valence-electron chi connectivity index (χ1n) is 9.18. The molecule has 0 aliphatic carbocycles. The standard InChI is InChI=1S/C22H19ClN4O2/c1-13-8-14(2)10-18(9-13)27-21-19(11-25-27)22(29)26(12-24-21)15(3)20(28)16-4-6-17(23)7-5-16/h4-12,15H,1-3H3. The summed E-state index contributed by atoms with van der Waals surface area (Å²) in [6.45, 7) is 5.69. The van der Waals surface area contributed by atoms with Crippen LogP contribution in [-0.4, -0.2) is 25.1 Å². The summed E-state index contributed by atoms with van der Waals surface area (Å²) in [6, 6.07) is 11.9. The van der Waals surface area contributed by atoms with Gasteiger partial charge in [-0.15, -0.1) is 0 Å². The first-order valence-corrected chi connectivity index (χ1v) is 9.56. The molecule has 0 bridgehead atoms. The summed E-state index contributed by atoms with van der Waals surface area (Å²) in [7, 11) is 0. The summed E-state index contributed by atoms with van der Waals surface area (Å²) in [4.78, 5) is 30.3. The van der Waals surface area contributed by atoms with Gasteiger partial charge in [-0.05, 0) is 68.3 Å². The van der Waals surface area contributed by atoms with Crippen molar-refractivity contribution >= 4 is 28.4 Å². The van der Waals surface area contributed by atoms with Crippen LogP contribution in [0.25, 0.3) is 16.7 Å². The molecule has 6 nitrogen and oxygen atoms in total. The predicted molar refractivity (Wildman–Crippen MR) is 113 cm³/mol. The number of nitrogens with zero attached hydrogens (tertiary/aromatic N) is 4. The van der Waals surface area contributed by atoms with Gasteiger partial charge in [-0.25, -0.2) is 9.67 Å². The van der Waals surface area contributed by atoms with E-state index in [9.17, 15) is 9.59 Å². The zero-order valence-corrected chi connectivity index (χ0v) is 17.0. The lowest BCUT2D eigenvalue weighted by Gasteiger charge is -2.14. The van der Waals surface area contributed by atoms with Crippen molar-refractivity contribution in [3.8, 4) is 5.69 Å². The van der Waals surface area contributed by atoms with E-state index in [1.54, 1.807) is 35.9 Å². The zero-order valence-electron chi connectivity index (χ0n) is 16.3. The van der Waals surface area contributed by atoms with E-state index < -0.39 is 6.04 Å². The van der Waals surface area contributed by atoms with Crippen LogP contribution in [0.5, 0.6) is 0 Å². The molecule has 1 atom stereocenters. The van der Waals surface area contributed by atoms with E-state index in [-0.39, 0.29) is 11.3 Å². The molecule has 0 amide bonds. The van der Waals surface area contributed by atoms with E-state index in [4.69, 9.17) is 11.6 Å². The van der Waals surface area contributed by atoms with Gasteiger partial charge in [0.2, 0.25) is 0 Å². The van der Waals surface area contributed by atoms with Gasteiger partial charge in [0.25, 0.3) is 5.56 Å². The number of carbonyl (C=O) groups is 1. The molecule has 0 spiro atoms. The van der Waals surface area contributed by atoms with Crippen LogP contribution in [0.1, 0.15) is 34.5 Å². The summed E-state index contributed by atoms with van der Waals surface area (Å²) in [5.41, 5.74) is 3.67. The van der Waals surface area contributed by atoms with Crippen molar-refractivity contribution in [3.05, 3.63) is 87.1 Å². The summed E-state index contributed by atoms with van der Waals surface area (Å²) in [6.07, 6.45) is 2.91. The summed E-state index contributed by atoms with van der Waals surface area (Å²) in [5, 5.41) is 5.28. The van der Waals surface area contributed by atoms with Crippen LogP contribution in [-0.2, 0) is 0 Å². The van der Waals surface area contributed by atoms with Gasteiger partial charge < -0.3 is 0 Å². The number of Topliss-reactive ketones (excluding diaryl/α,β-unsaturated/α-hetero) is 1. The van der Waals surface area contributed by atoms with E-state index >= 15 is 0 Å². The average Bonchev–Trinajstić information content (AvgIpc) is 3.12. The van der Waals surface area contributed by atoms with Crippen molar-refractivity contribution in [2.45, 2.75) is 26.8 Å². The van der Waals surface area contributed by atoms with E-state index in [0.717, 1.165) is 16.8 Å². The Morgan fingerprint density at radius 1 is 1.07 bits per heavy atom. The maximum atomic E-state index is 13.0. The molecule has 0 aliphatic heterocycles. The van der Waals surface area contributed by atoms with Gasteiger partial charge in [0.15, 0.2) is 11.4 Å². The minimum absolute atomic E-state index is 0.188. The number of hydrogen-bond acceptors (Lipinski definition) is 4. The number of benzene rings is 2. The van der Waals surface area contributed by atoms with Crippen molar-refractivity contribution in [2.75, 3.05) is 0 Å². The highest BCUT2D eigenvalue weighted by atomic mass is 35.5. The first kappa shape index (κ1) is 19.1. The monoisotopic (exact) mass is 406 g/mol. The Bertz CT molecular complexity index is 1270. The van der Waals surface area contributed by atoms with Gasteiger partial charge >= 0.3 is 0 Å². The number of fused-ring (bicyclic) bond motifs is 1. The van der Waals surface area contributed by atoms with E-state index in [2.05, 4.69) is 16.1 Å². The third-order valence-corrected chi connectivity index (χ3v) is 5.14. The van der Waals surface area contributed by atoms with Crippen molar-refractivity contribution in [1.82, 2.24) is 19.3 Å². The summed E-state index contributed by atoms with van der Waals surface area (Å²) in [5.74, 6) is -0.188. The fourth-order valence-corrected chi connectivity index (χ4v) is 3.57. The Labute approximate surface area is 172 Å². The highest BCUT2D eigenvalue weighted by molar-refractivity contribution is 6.30. The highest BCUT2D eigenvalue weighted by Crippen LogP contribution is 2.19. The highest BCUT2D eigenvalue weighted by Gasteiger charge is 2.21. The van der Waals surface area contributed by atoms with Crippen LogP contribution < -0.4 is 5.56 Å². The Morgan fingerprint density at radius 2 is 1.72 bits per heavy atom. The normalized spacial score (nSPS) is 12.3. The molecule has 0 aliphatic rings. The second-order valence-electron chi connectivity index (χ2n) is 7.14. The molecule has 1 unspecified atom stereocenters. The number of rotatable bonds is 4. The molecule has 0 saturated carbocycles. The van der Waals surface area contributed by atoms with Crippen molar-refractivity contribution in [2.24, 2.45) is 0 Å². The van der Waals surface area contributed by atoms with Crippen LogP contribution >= 0.6 is 11.6 Å². The Balaban J connectivity index is 1.76. The molecule has 29 heavy (non-hydrogen) atoms. The Morgan fingerprint density at radius 3 is 2.38 bits per heavy atom. The number of aryl methyl sites for hydroxylation is 2. The number of carbonyl (C=O) groups excluding carboxylic acids is 1. The molecule has 2 aromatic heterocycles. The van der Waals surface area contributed by atoms with Crippen LogP contribution in [0.4, 0.5) is 0 Å². The molecule has 2 aromatic carbocycles. The second-order valence-corrected chi connectivity index (χ2v) is 7.58. The van der Waals surface area contributed by atoms with Crippen molar-refractivity contribution < 1.29 is 4.79 Å². The molecule has 146 valence electrons. The number of halogens is 1. The molecular formula is C22H19ClN4O2. The largest absolute Gasteiger partial charge is 0.292 e. The molecule has 4 rings (SSSR count). The molecular weight excluding hydrogens is 388 g/mol. The topological polar surface area (TPSA) is 69.8 Å². The fraction of sp³-hybridized carbons (Fsp3) is 0.182. The van der Waals surface area contributed by atoms with Crippen LogP contribution in [0, 0.1) is 13.8 Å². The lowest BCUT2D eigenvalue weighted by molar-refractivity contribution is 0.0932. The van der Waals surface area contributed by atoms with Crippen LogP contribution in [0.3, 0.4) is 0 Å². The minimum atomic E-state index is -0.704. The molecule has 0 radical (unpaired) electrons. The van der Waals surface area contributed by atoms with Crippen LogP contribution in [0.2, 0.25) is 5.02 Å². The van der Waals surface area contributed by atoms with Crippen LogP contribution in [0.15, 0.2) is 59.8 Å². The molecule has 4 aromatic rings. The average molecular weight is 407 g/mol. The summed E-state index contributed by atoms with van der Waals surface area (Å²) < 4.78 is 2.99. The summed E-state index contributed by atoms with van der Waals surface area (Å²) >= 11 is 5.89. The maximum Gasteiger partial charge on any atom is 0.265 e. The van der Waals surface area contributed by atoms with E-state index in [1.807, 2.05) is 26.0 Å². The van der Waals surface area contributed by atoms with Crippen molar-refractivity contribution in [1.29, 1.82) is 0 Å². The van der Waals surface area contributed by atoms with Gasteiger partial charge in [-0.3, -0.25) is 14.2 Å². The number of hydrogen-bond donors (Lipinski definition) is 0. The fourth-order valence-electron chi connectivity index (χ4n) is 3.44. The first-order chi connectivity index (χ1) is 13.8. The third kappa shape index (κ3) is 3.47. The van der Waals surface area contributed by atoms with E-state index in [1.165, 1.54) is 17.1 Å². The SMILES string of the molecule is Cc1cc(C)cc(-n2ncc3c(=O)n(C(C)C(=O)c4ccc(Cl)cc4)cnc32)c1. The smallest absolute Gasteiger partial charge is 0.265 e. The zero-order chi connectivity index (χ0) is 20.7. The van der Waals surface area contributed by atoms with Gasteiger partial charge in [-0.2, -0.15) is 5.10 Å². The van der Waals surface area contributed by atoms with Gasteiger partial charge in [-0.1, -0.05) is 17.7 Å². The number of ketones is 1. The third-order valence-electron chi connectivity index (χ3n) is 4.89. The second kappa shape index (κ2) is 7.29.